The average Bonchev–Trinajstić information content (AvgIpc) is 2.30. The van der Waals surface area contributed by atoms with Crippen LogP contribution in [0.5, 0.6) is 0 Å². The summed E-state index contributed by atoms with van der Waals surface area (Å²) in [6.45, 7) is 2.78. The summed E-state index contributed by atoms with van der Waals surface area (Å²) in [5.41, 5.74) is 1.13. The van der Waals surface area contributed by atoms with Crippen molar-refractivity contribution in [3.63, 3.8) is 0 Å². The molecule has 1 N–H and O–H groups in total. The lowest BCUT2D eigenvalue weighted by Crippen LogP contribution is -2.24. The highest BCUT2D eigenvalue weighted by Gasteiger charge is 2.14. The van der Waals surface area contributed by atoms with Gasteiger partial charge < -0.3 is 10.1 Å². The second-order valence-corrected chi connectivity index (χ2v) is 5.77. The summed E-state index contributed by atoms with van der Waals surface area (Å²) in [5, 5.41) is 3.48. The molecule has 1 heterocycles. The summed E-state index contributed by atoms with van der Waals surface area (Å²) >= 11 is 7.10. The van der Waals surface area contributed by atoms with E-state index in [1.54, 1.807) is 0 Å². The summed E-state index contributed by atoms with van der Waals surface area (Å²) < 4.78 is 7.66. The number of halogens is 2. The number of hydrogen-bond acceptors (Lipinski definition) is 2. The molecule has 4 heteroatoms. The van der Waals surface area contributed by atoms with Gasteiger partial charge in [-0.25, -0.2) is 0 Å². The van der Waals surface area contributed by atoms with Crippen molar-refractivity contribution < 1.29 is 4.74 Å². The quantitative estimate of drug-likeness (QED) is 0.889. The lowest BCUT2D eigenvalue weighted by atomic mass is 10.0. The van der Waals surface area contributed by atoms with E-state index in [2.05, 4.69) is 37.2 Å². The molecule has 1 aliphatic rings. The molecule has 1 unspecified atom stereocenters. The molecule has 0 bridgehead atoms. The smallest absolute Gasteiger partial charge is 0.0629 e. The molecule has 0 aromatic heterocycles. The van der Waals surface area contributed by atoms with Crippen LogP contribution in [-0.2, 0) is 4.74 Å². The molecule has 2 nitrogen and oxygen atoms in total. The Bertz CT molecular complexity index is 331. The Morgan fingerprint density at radius 1 is 1.31 bits per heavy atom. The van der Waals surface area contributed by atoms with E-state index in [9.17, 15) is 0 Å². The van der Waals surface area contributed by atoms with E-state index < -0.39 is 0 Å². The van der Waals surface area contributed by atoms with Crippen molar-refractivity contribution >= 4 is 37.5 Å². The van der Waals surface area contributed by atoms with Crippen LogP contribution < -0.4 is 5.32 Å². The highest BCUT2D eigenvalue weighted by atomic mass is 79.9. The molecule has 88 valence electrons. The Morgan fingerprint density at radius 2 is 2.06 bits per heavy atom. The first-order valence-electron chi connectivity index (χ1n) is 5.53. The zero-order chi connectivity index (χ0) is 11.4. The second kappa shape index (κ2) is 6.03. The minimum Gasteiger partial charge on any atom is -0.383 e. The van der Waals surface area contributed by atoms with Crippen molar-refractivity contribution in [2.75, 3.05) is 25.1 Å². The SMILES string of the molecule is Brc1cccc(Br)c1NCC1CCCOC1. The van der Waals surface area contributed by atoms with Crippen molar-refractivity contribution in [1.82, 2.24) is 0 Å². The van der Waals surface area contributed by atoms with E-state index in [1.165, 1.54) is 12.8 Å². The van der Waals surface area contributed by atoms with Crippen LogP contribution in [0.15, 0.2) is 27.1 Å². The molecule has 0 aliphatic carbocycles. The Hall–Kier alpha value is -0.0600. The lowest BCUT2D eigenvalue weighted by molar-refractivity contribution is 0.0595. The fourth-order valence-corrected chi connectivity index (χ4v) is 3.16. The predicted octanol–water partition coefficient (Wildman–Crippen LogP) is 4.05. The van der Waals surface area contributed by atoms with Crippen molar-refractivity contribution in [3.8, 4) is 0 Å². The van der Waals surface area contributed by atoms with Crippen molar-refractivity contribution in [2.45, 2.75) is 12.8 Å². The Kier molecular flexibility index (Phi) is 4.67. The van der Waals surface area contributed by atoms with E-state index in [4.69, 9.17) is 4.74 Å². The molecular weight excluding hydrogens is 334 g/mol. The van der Waals surface area contributed by atoms with Gasteiger partial charge in [0.15, 0.2) is 0 Å². The van der Waals surface area contributed by atoms with Crippen LogP contribution in [0.25, 0.3) is 0 Å². The molecule has 16 heavy (non-hydrogen) atoms. The first kappa shape index (κ1) is 12.4. The number of hydrogen-bond donors (Lipinski definition) is 1. The van der Waals surface area contributed by atoms with Gasteiger partial charge in [-0.15, -0.1) is 0 Å². The van der Waals surface area contributed by atoms with E-state index in [0.29, 0.717) is 5.92 Å². The Balaban J connectivity index is 1.93. The molecule has 1 fully saturated rings. The molecule has 1 aromatic carbocycles. The standard InChI is InChI=1S/C12H15Br2NO/c13-10-4-1-5-11(14)12(10)15-7-9-3-2-6-16-8-9/h1,4-5,9,15H,2-3,6-8H2. The van der Waals surface area contributed by atoms with Gasteiger partial charge in [0.05, 0.1) is 12.3 Å². The maximum atomic E-state index is 5.47. The minimum absolute atomic E-state index is 0.632. The van der Waals surface area contributed by atoms with Gasteiger partial charge in [-0.05, 0) is 62.8 Å². The first-order valence-corrected chi connectivity index (χ1v) is 7.11. The monoisotopic (exact) mass is 347 g/mol. The maximum absolute atomic E-state index is 5.47. The summed E-state index contributed by atoms with van der Waals surface area (Å²) in [7, 11) is 0. The molecule has 0 radical (unpaired) electrons. The molecule has 1 aromatic rings. The fourth-order valence-electron chi connectivity index (χ4n) is 1.88. The number of benzene rings is 1. The second-order valence-electron chi connectivity index (χ2n) is 4.06. The van der Waals surface area contributed by atoms with Crippen LogP contribution in [0.2, 0.25) is 0 Å². The third-order valence-corrected chi connectivity index (χ3v) is 4.11. The molecule has 1 atom stereocenters. The summed E-state index contributed by atoms with van der Waals surface area (Å²) in [6.07, 6.45) is 2.44. The van der Waals surface area contributed by atoms with Gasteiger partial charge in [-0.1, -0.05) is 6.07 Å². The van der Waals surface area contributed by atoms with Gasteiger partial charge in [0.2, 0.25) is 0 Å². The number of ether oxygens (including phenoxy) is 1. The van der Waals surface area contributed by atoms with Gasteiger partial charge in [0, 0.05) is 22.1 Å². The average molecular weight is 349 g/mol. The van der Waals surface area contributed by atoms with Gasteiger partial charge >= 0.3 is 0 Å². The van der Waals surface area contributed by atoms with E-state index >= 15 is 0 Å². The fraction of sp³-hybridized carbons (Fsp3) is 0.500. The van der Waals surface area contributed by atoms with Gasteiger partial charge in [-0.3, -0.25) is 0 Å². The molecule has 0 amide bonds. The first-order chi connectivity index (χ1) is 7.77. The van der Waals surface area contributed by atoms with Gasteiger partial charge in [0.25, 0.3) is 0 Å². The zero-order valence-corrected chi connectivity index (χ0v) is 12.2. The highest BCUT2D eigenvalue weighted by Crippen LogP contribution is 2.31. The third-order valence-electron chi connectivity index (χ3n) is 2.78. The van der Waals surface area contributed by atoms with E-state index in [1.807, 2.05) is 18.2 Å². The Morgan fingerprint density at radius 3 is 2.69 bits per heavy atom. The molecule has 0 spiro atoms. The normalized spacial score (nSPS) is 20.8. The topological polar surface area (TPSA) is 21.3 Å². The predicted molar refractivity (Wildman–Crippen MR) is 73.9 cm³/mol. The third kappa shape index (κ3) is 3.22. The van der Waals surface area contributed by atoms with Crippen molar-refractivity contribution in [2.24, 2.45) is 5.92 Å². The van der Waals surface area contributed by atoms with Crippen LogP contribution in [0.4, 0.5) is 5.69 Å². The molecule has 2 rings (SSSR count). The van der Waals surface area contributed by atoms with Crippen molar-refractivity contribution in [1.29, 1.82) is 0 Å². The van der Waals surface area contributed by atoms with Gasteiger partial charge in [-0.2, -0.15) is 0 Å². The minimum atomic E-state index is 0.632. The number of nitrogens with one attached hydrogen (secondary N) is 1. The highest BCUT2D eigenvalue weighted by molar-refractivity contribution is 9.11. The Labute approximate surface area is 113 Å². The summed E-state index contributed by atoms with van der Waals surface area (Å²) in [4.78, 5) is 0. The zero-order valence-electron chi connectivity index (χ0n) is 9.01. The number of para-hydroxylation sites is 1. The van der Waals surface area contributed by atoms with Crippen LogP contribution >= 0.6 is 31.9 Å². The molecule has 0 saturated carbocycles. The van der Waals surface area contributed by atoms with Gasteiger partial charge in [0.1, 0.15) is 0 Å². The molecule has 1 saturated heterocycles. The van der Waals surface area contributed by atoms with Crippen LogP contribution in [-0.4, -0.2) is 19.8 Å². The van der Waals surface area contributed by atoms with Crippen LogP contribution in [0, 0.1) is 5.92 Å². The maximum Gasteiger partial charge on any atom is 0.0629 e. The van der Waals surface area contributed by atoms with Crippen LogP contribution in [0.1, 0.15) is 12.8 Å². The summed E-state index contributed by atoms with van der Waals surface area (Å²) in [5.74, 6) is 0.632. The molecular formula is C12H15Br2NO. The number of rotatable bonds is 3. The number of anilines is 1. The molecule has 1 aliphatic heterocycles. The van der Waals surface area contributed by atoms with E-state index in [-0.39, 0.29) is 0 Å². The van der Waals surface area contributed by atoms with Crippen LogP contribution in [0.3, 0.4) is 0 Å². The van der Waals surface area contributed by atoms with E-state index in [0.717, 1.165) is 34.4 Å². The lowest BCUT2D eigenvalue weighted by Gasteiger charge is -2.23. The summed E-state index contributed by atoms with van der Waals surface area (Å²) in [6, 6.07) is 6.11. The van der Waals surface area contributed by atoms with Crippen molar-refractivity contribution in [3.05, 3.63) is 27.1 Å². The largest absolute Gasteiger partial charge is 0.383 e.